The van der Waals surface area contributed by atoms with Crippen molar-refractivity contribution in [2.75, 3.05) is 10.0 Å². The zero-order valence-electron chi connectivity index (χ0n) is 20.0. The molecule has 2 aliphatic heterocycles. The Bertz CT molecular complexity index is 1500. The molecule has 1 unspecified atom stereocenters. The first-order valence-corrected chi connectivity index (χ1v) is 12.6. The summed E-state index contributed by atoms with van der Waals surface area (Å²) in [7, 11) is 0. The van der Waals surface area contributed by atoms with Gasteiger partial charge >= 0.3 is 0 Å². The molecule has 0 radical (unpaired) electrons. The minimum Gasteiger partial charge on any atom is -0.292 e. The number of fused-ring (bicyclic) bond motifs is 2. The standard InChI is InChI=1S/C30H24N4OS/c1-21-17-19-25(20-18-21)34-30(36-29(32-34)22(2)35)27-16-10-9-15-26(27)28(23-11-5-3-6-12-23)31-33(30)24-13-7-4-8-14-24/h3-20H,1-2H3. The Morgan fingerprint density at radius 3 is 2.00 bits per heavy atom. The summed E-state index contributed by atoms with van der Waals surface area (Å²) in [5.41, 5.74) is 6.89. The van der Waals surface area contributed by atoms with Gasteiger partial charge < -0.3 is 0 Å². The molecule has 0 saturated carbocycles. The van der Waals surface area contributed by atoms with Gasteiger partial charge in [-0.2, -0.15) is 10.2 Å². The third-order valence-corrected chi connectivity index (χ3v) is 7.78. The average molecular weight is 489 g/mol. The molecule has 176 valence electrons. The normalized spacial score (nSPS) is 18.6. The Morgan fingerprint density at radius 1 is 0.722 bits per heavy atom. The summed E-state index contributed by atoms with van der Waals surface area (Å²) >= 11 is 1.44. The summed E-state index contributed by atoms with van der Waals surface area (Å²) in [6.07, 6.45) is 0. The van der Waals surface area contributed by atoms with Crippen molar-refractivity contribution in [2.24, 2.45) is 10.2 Å². The predicted molar refractivity (Wildman–Crippen MR) is 148 cm³/mol. The second kappa shape index (κ2) is 8.81. The third-order valence-electron chi connectivity index (χ3n) is 6.36. The fourth-order valence-electron chi connectivity index (χ4n) is 4.64. The first-order valence-electron chi connectivity index (χ1n) is 11.8. The van der Waals surface area contributed by atoms with E-state index in [9.17, 15) is 4.79 Å². The Hall–Kier alpha value is -4.16. The van der Waals surface area contributed by atoms with Crippen LogP contribution in [0.15, 0.2) is 119 Å². The summed E-state index contributed by atoms with van der Waals surface area (Å²) in [5.74, 6) is -0.0719. The lowest BCUT2D eigenvalue weighted by atomic mass is 9.93. The van der Waals surface area contributed by atoms with Crippen molar-refractivity contribution >= 4 is 39.7 Å². The second-order valence-electron chi connectivity index (χ2n) is 8.83. The number of nitrogens with zero attached hydrogens (tertiary/aromatic N) is 4. The second-order valence-corrected chi connectivity index (χ2v) is 9.99. The Labute approximate surface area is 214 Å². The van der Waals surface area contributed by atoms with Gasteiger partial charge in [0.25, 0.3) is 0 Å². The van der Waals surface area contributed by atoms with E-state index in [-0.39, 0.29) is 5.78 Å². The first-order chi connectivity index (χ1) is 17.6. The molecule has 6 rings (SSSR count). The molecule has 36 heavy (non-hydrogen) atoms. The molecule has 0 aromatic heterocycles. The Balaban J connectivity index is 1.66. The Morgan fingerprint density at radius 2 is 1.31 bits per heavy atom. The van der Waals surface area contributed by atoms with E-state index in [1.54, 1.807) is 6.92 Å². The van der Waals surface area contributed by atoms with Crippen LogP contribution in [0.5, 0.6) is 0 Å². The number of carbonyl (C=O) groups is 1. The monoisotopic (exact) mass is 488 g/mol. The number of anilines is 2. The number of hydrogen-bond acceptors (Lipinski definition) is 6. The van der Waals surface area contributed by atoms with Gasteiger partial charge in [-0.15, -0.1) is 0 Å². The van der Waals surface area contributed by atoms with Crippen LogP contribution in [0, 0.1) is 6.92 Å². The maximum Gasteiger partial charge on any atom is 0.234 e. The lowest BCUT2D eigenvalue weighted by Gasteiger charge is -2.47. The van der Waals surface area contributed by atoms with E-state index in [1.807, 2.05) is 82.8 Å². The largest absolute Gasteiger partial charge is 0.292 e. The van der Waals surface area contributed by atoms with Crippen LogP contribution in [0.4, 0.5) is 11.4 Å². The number of benzene rings is 4. The van der Waals surface area contributed by atoms with Crippen LogP contribution in [0.1, 0.15) is 29.2 Å². The number of para-hydroxylation sites is 1. The first kappa shape index (κ1) is 22.3. The van der Waals surface area contributed by atoms with E-state index >= 15 is 0 Å². The van der Waals surface area contributed by atoms with Gasteiger partial charge in [-0.3, -0.25) is 4.79 Å². The summed E-state index contributed by atoms with van der Waals surface area (Å²) in [4.78, 5) is 11.8. The summed E-state index contributed by atoms with van der Waals surface area (Å²) < 4.78 is 0. The van der Waals surface area contributed by atoms with E-state index in [1.165, 1.54) is 11.8 Å². The molecule has 4 aromatic rings. The van der Waals surface area contributed by atoms with Crippen molar-refractivity contribution in [1.82, 2.24) is 0 Å². The fourth-order valence-corrected chi connectivity index (χ4v) is 5.93. The predicted octanol–water partition coefficient (Wildman–Crippen LogP) is 6.53. The van der Waals surface area contributed by atoms with Crippen molar-refractivity contribution < 1.29 is 4.79 Å². The molecule has 6 heteroatoms. The zero-order valence-corrected chi connectivity index (χ0v) is 20.8. The fraction of sp³-hybridized carbons (Fsp3) is 0.100. The van der Waals surface area contributed by atoms with Crippen LogP contribution in [-0.4, -0.2) is 16.5 Å². The van der Waals surface area contributed by atoms with Gasteiger partial charge in [0.05, 0.1) is 17.1 Å². The van der Waals surface area contributed by atoms with Gasteiger partial charge in [-0.25, -0.2) is 10.0 Å². The smallest absolute Gasteiger partial charge is 0.234 e. The minimum atomic E-state index is -0.924. The molecule has 2 aliphatic rings. The van der Waals surface area contributed by atoms with Gasteiger partial charge in [0.15, 0.2) is 10.8 Å². The van der Waals surface area contributed by atoms with Crippen molar-refractivity contribution in [3.05, 3.63) is 131 Å². The SMILES string of the molecule is CC(=O)C1=NN(c2ccc(C)cc2)C2(S1)c1ccccc1C(c1ccccc1)=NN2c1ccccc1. The van der Waals surface area contributed by atoms with Crippen molar-refractivity contribution in [2.45, 2.75) is 18.8 Å². The highest BCUT2D eigenvalue weighted by atomic mass is 32.2. The molecule has 1 atom stereocenters. The molecule has 1 spiro atoms. The molecule has 0 N–H and O–H groups in total. The van der Waals surface area contributed by atoms with Crippen LogP contribution < -0.4 is 10.0 Å². The summed E-state index contributed by atoms with van der Waals surface area (Å²) in [6.45, 7) is 3.63. The molecule has 0 aliphatic carbocycles. The topological polar surface area (TPSA) is 48.3 Å². The van der Waals surface area contributed by atoms with Gasteiger partial charge in [0, 0.05) is 23.6 Å². The molecule has 2 heterocycles. The lowest BCUT2D eigenvalue weighted by molar-refractivity contribution is -0.110. The lowest BCUT2D eigenvalue weighted by Crippen LogP contribution is -2.54. The zero-order chi connectivity index (χ0) is 24.7. The summed E-state index contributed by atoms with van der Waals surface area (Å²) in [5, 5.41) is 14.6. The number of aryl methyl sites for hydroxylation is 1. The van der Waals surface area contributed by atoms with Crippen LogP contribution in [-0.2, 0) is 9.79 Å². The molecule has 0 amide bonds. The number of carbonyl (C=O) groups excluding carboxylic acids is 1. The van der Waals surface area contributed by atoms with Gasteiger partial charge in [-0.1, -0.05) is 90.5 Å². The van der Waals surface area contributed by atoms with Crippen LogP contribution in [0.3, 0.4) is 0 Å². The average Bonchev–Trinajstić information content (AvgIpc) is 3.32. The molecule has 0 fully saturated rings. The molecule has 0 bridgehead atoms. The molecular weight excluding hydrogens is 464 g/mol. The third kappa shape index (κ3) is 3.53. The minimum absolute atomic E-state index is 0.0719. The highest BCUT2D eigenvalue weighted by Gasteiger charge is 2.55. The van der Waals surface area contributed by atoms with Crippen molar-refractivity contribution in [3.8, 4) is 0 Å². The van der Waals surface area contributed by atoms with E-state index in [0.29, 0.717) is 5.04 Å². The number of rotatable bonds is 4. The molecular formula is C30H24N4OS. The van der Waals surface area contributed by atoms with Crippen molar-refractivity contribution in [1.29, 1.82) is 0 Å². The molecule has 5 nitrogen and oxygen atoms in total. The number of hydrazone groups is 2. The molecule has 0 saturated heterocycles. The van der Waals surface area contributed by atoms with Crippen LogP contribution >= 0.6 is 11.8 Å². The quantitative estimate of drug-likeness (QED) is 0.328. The van der Waals surface area contributed by atoms with Gasteiger partial charge in [-0.05, 0) is 43.0 Å². The highest BCUT2D eigenvalue weighted by molar-refractivity contribution is 8.17. The number of Topliss-reactive ketones (excluding diaryl/α,β-unsaturated/α-hetero) is 1. The maximum atomic E-state index is 12.7. The Kier molecular flexibility index (Phi) is 5.46. The summed E-state index contributed by atoms with van der Waals surface area (Å²) in [6, 6.07) is 36.8. The van der Waals surface area contributed by atoms with Crippen LogP contribution in [0.2, 0.25) is 0 Å². The maximum absolute atomic E-state index is 12.7. The van der Waals surface area contributed by atoms with E-state index in [4.69, 9.17) is 10.2 Å². The number of thioether (sulfide) groups is 1. The van der Waals surface area contributed by atoms with Crippen molar-refractivity contribution in [3.63, 3.8) is 0 Å². The van der Waals surface area contributed by atoms with E-state index in [2.05, 4.69) is 43.3 Å². The van der Waals surface area contributed by atoms with E-state index in [0.717, 1.165) is 39.3 Å². The van der Waals surface area contributed by atoms with Gasteiger partial charge in [0.2, 0.25) is 4.99 Å². The van der Waals surface area contributed by atoms with Gasteiger partial charge in [0.1, 0.15) is 0 Å². The molecule has 4 aromatic carbocycles. The highest BCUT2D eigenvalue weighted by Crippen LogP contribution is 2.54. The van der Waals surface area contributed by atoms with E-state index < -0.39 is 4.99 Å². The van der Waals surface area contributed by atoms with Crippen LogP contribution in [0.25, 0.3) is 0 Å². The number of hydrogen-bond donors (Lipinski definition) is 0. The number of ketones is 1.